The van der Waals surface area contributed by atoms with E-state index in [4.69, 9.17) is 17.3 Å². The fraction of sp³-hybridized carbons (Fsp3) is 0.455. The number of nitrogens with zero attached hydrogens (tertiary/aromatic N) is 1. The molecule has 0 radical (unpaired) electrons. The number of alkyl halides is 1. The van der Waals surface area contributed by atoms with Gasteiger partial charge in [-0.3, -0.25) is 0 Å². The zero-order valence-electron chi connectivity index (χ0n) is 8.12. The second-order valence-electron chi connectivity index (χ2n) is 3.78. The summed E-state index contributed by atoms with van der Waals surface area (Å²) in [7, 11) is 0. The summed E-state index contributed by atoms with van der Waals surface area (Å²) in [5.74, 6) is 0. The molecule has 2 nitrogen and oxygen atoms in total. The number of hydrogen-bond donors (Lipinski definition) is 1. The van der Waals surface area contributed by atoms with Crippen molar-refractivity contribution in [1.29, 1.82) is 0 Å². The van der Waals surface area contributed by atoms with Gasteiger partial charge in [0.2, 0.25) is 0 Å². The van der Waals surface area contributed by atoms with E-state index in [1.54, 1.807) is 0 Å². The van der Waals surface area contributed by atoms with Crippen LogP contribution in [0.15, 0.2) is 24.3 Å². The van der Waals surface area contributed by atoms with Gasteiger partial charge >= 0.3 is 0 Å². The molecule has 0 aromatic heterocycles. The average molecular weight is 211 g/mol. The second kappa shape index (κ2) is 4.09. The third kappa shape index (κ3) is 2.13. The Morgan fingerprint density at radius 2 is 2.00 bits per heavy atom. The zero-order chi connectivity index (χ0) is 9.97. The van der Waals surface area contributed by atoms with E-state index in [1.807, 2.05) is 12.1 Å². The van der Waals surface area contributed by atoms with Crippen LogP contribution in [0.5, 0.6) is 0 Å². The number of anilines is 2. The van der Waals surface area contributed by atoms with Gasteiger partial charge in [0.1, 0.15) is 0 Å². The minimum Gasteiger partial charge on any atom is -0.399 e. The van der Waals surface area contributed by atoms with Gasteiger partial charge in [-0.15, -0.1) is 11.6 Å². The van der Waals surface area contributed by atoms with Crippen LogP contribution in [0.4, 0.5) is 11.4 Å². The Kier molecular flexibility index (Phi) is 2.82. The molecule has 2 rings (SSSR count). The van der Waals surface area contributed by atoms with Crippen LogP contribution in [-0.4, -0.2) is 18.5 Å². The summed E-state index contributed by atoms with van der Waals surface area (Å²) >= 11 is 6.13. The first-order valence-corrected chi connectivity index (χ1v) is 5.44. The van der Waals surface area contributed by atoms with Crippen LogP contribution in [0, 0.1) is 0 Å². The van der Waals surface area contributed by atoms with E-state index in [0.29, 0.717) is 5.38 Å². The lowest BCUT2D eigenvalue weighted by Crippen LogP contribution is -2.35. The van der Waals surface area contributed by atoms with Gasteiger partial charge in [-0.05, 0) is 37.1 Å². The molecule has 1 saturated heterocycles. The number of hydrogen-bond acceptors (Lipinski definition) is 2. The van der Waals surface area contributed by atoms with E-state index < -0.39 is 0 Å². The molecule has 0 amide bonds. The first-order valence-electron chi connectivity index (χ1n) is 5.00. The van der Waals surface area contributed by atoms with Gasteiger partial charge in [0.05, 0.1) is 5.38 Å². The van der Waals surface area contributed by atoms with Crippen molar-refractivity contribution in [3.63, 3.8) is 0 Å². The minimum absolute atomic E-state index is 0.293. The third-order valence-corrected chi connectivity index (χ3v) is 2.98. The highest BCUT2D eigenvalue weighted by molar-refractivity contribution is 6.21. The summed E-state index contributed by atoms with van der Waals surface area (Å²) < 4.78 is 0. The van der Waals surface area contributed by atoms with Crippen molar-refractivity contribution in [3.8, 4) is 0 Å². The summed E-state index contributed by atoms with van der Waals surface area (Å²) in [4.78, 5) is 2.32. The van der Waals surface area contributed by atoms with E-state index in [0.717, 1.165) is 25.2 Å². The maximum Gasteiger partial charge on any atom is 0.0511 e. The Balaban J connectivity index is 2.10. The zero-order valence-corrected chi connectivity index (χ0v) is 8.87. The van der Waals surface area contributed by atoms with Gasteiger partial charge in [0.15, 0.2) is 0 Å². The molecule has 0 saturated carbocycles. The van der Waals surface area contributed by atoms with Gasteiger partial charge in [-0.1, -0.05) is 0 Å². The quantitative estimate of drug-likeness (QED) is 0.570. The van der Waals surface area contributed by atoms with Crippen LogP contribution >= 0.6 is 11.6 Å². The maximum absolute atomic E-state index is 6.13. The van der Waals surface area contributed by atoms with Crippen LogP contribution in [0.2, 0.25) is 0 Å². The summed E-state index contributed by atoms with van der Waals surface area (Å²) in [6, 6.07) is 7.99. The molecule has 1 aromatic rings. The molecule has 1 aliphatic heterocycles. The van der Waals surface area contributed by atoms with Gasteiger partial charge in [0.25, 0.3) is 0 Å². The predicted octanol–water partition coefficient (Wildman–Crippen LogP) is 2.48. The van der Waals surface area contributed by atoms with Crippen LogP contribution in [-0.2, 0) is 0 Å². The van der Waals surface area contributed by atoms with Gasteiger partial charge in [-0.25, -0.2) is 0 Å². The average Bonchev–Trinajstić information content (AvgIpc) is 2.19. The minimum atomic E-state index is 0.293. The Hall–Kier alpha value is -0.890. The molecule has 1 aliphatic rings. The van der Waals surface area contributed by atoms with Gasteiger partial charge < -0.3 is 10.6 Å². The van der Waals surface area contributed by atoms with Crippen molar-refractivity contribution in [2.75, 3.05) is 23.7 Å². The smallest absolute Gasteiger partial charge is 0.0511 e. The number of rotatable bonds is 1. The lowest BCUT2D eigenvalue weighted by Gasteiger charge is -2.31. The molecule has 1 heterocycles. The van der Waals surface area contributed by atoms with Crippen molar-refractivity contribution in [1.82, 2.24) is 0 Å². The molecular weight excluding hydrogens is 196 g/mol. The molecule has 1 fully saturated rings. The van der Waals surface area contributed by atoms with Gasteiger partial charge in [-0.2, -0.15) is 0 Å². The largest absolute Gasteiger partial charge is 0.399 e. The van der Waals surface area contributed by atoms with Crippen molar-refractivity contribution < 1.29 is 0 Å². The van der Waals surface area contributed by atoms with Crippen LogP contribution in [0.25, 0.3) is 0 Å². The number of nitrogens with two attached hydrogens (primary N) is 1. The third-order valence-electron chi connectivity index (χ3n) is 2.62. The molecule has 1 aromatic carbocycles. The van der Waals surface area contributed by atoms with E-state index in [2.05, 4.69) is 17.0 Å². The highest BCUT2D eigenvalue weighted by atomic mass is 35.5. The molecule has 0 spiro atoms. The lowest BCUT2D eigenvalue weighted by atomic mass is 10.1. The monoisotopic (exact) mass is 210 g/mol. The number of piperidine rings is 1. The van der Waals surface area contributed by atoms with E-state index in [9.17, 15) is 0 Å². The first-order chi connectivity index (χ1) is 6.75. The van der Waals surface area contributed by atoms with Crippen molar-refractivity contribution in [2.45, 2.75) is 18.2 Å². The highest BCUT2D eigenvalue weighted by Crippen LogP contribution is 2.22. The predicted molar refractivity (Wildman–Crippen MR) is 61.9 cm³/mol. The topological polar surface area (TPSA) is 29.3 Å². The highest BCUT2D eigenvalue weighted by Gasteiger charge is 2.17. The molecule has 76 valence electrons. The lowest BCUT2D eigenvalue weighted by molar-refractivity contribution is 0.584. The van der Waals surface area contributed by atoms with Crippen LogP contribution < -0.4 is 10.6 Å². The molecule has 0 aliphatic carbocycles. The Bertz CT molecular complexity index is 297. The fourth-order valence-electron chi connectivity index (χ4n) is 1.84. The number of benzene rings is 1. The van der Waals surface area contributed by atoms with Crippen LogP contribution in [0.3, 0.4) is 0 Å². The van der Waals surface area contributed by atoms with Crippen molar-refractivity contribution in [2.24, 2.45) is 0 Å². The van der Waals surface area contributed by atoms with E-state index in [1.165, 1.54) is 12.1 Å². The Morgan fingerprint density at radius 3 is 2.64 bits per heavy atom. The SMILES string of the molecule is Nc1ccc(N2CCCC(Cl)C2)cc1. The molecule has 1 atom stereocenters. The van der Waals surface area contributed by atoms with Crippen molar-refractivity contribution in [3.05, 3.63) is 24.3 Å². The molecule has 14 heavy (non-hydrogen) atoms. The summed E-state index contributed by atoms with van der Waals surface area (Å²) in [5.41, 5.74) is 7.68. The van der Waals surface area contributed by atoms with E-state index >= 15 is 0 Å². The molecular formula is C11H15ClN2. The summed E-state index contributed by atoms with van der Waals surface area (Å²) in [6.45, 7) is 2.05. The van der Waals surface area contributed by atoms with Gasteiger partial charge in [0, 0.05) is 24.5 Å². The fourth-order valence-corrected chi connectivity index (χ4v) is 2.17. The standard InChI is InChI=1S/C11H15ClN2/c12-9-2-1-7-14(8-9)11-5-3-10(13)4-6-11/h3-6,9H,1-2,7-8,13H2. The molecule has 1 unspecified atom stereocenters. The van der Waals surface area contributed by atoms with E-state index in [-0.39, 0.29) is 0 Å². The Morgan fingerprint density at radius 1 is 1.29 bits per heavy atom. The first kappa shape index (κ1) is 9.66. The van der Waals surface area contributed by atoms with Crippen LogP contribution in [0.1, 0.15) is 12.8 Å². The maximum atomic E-state index is 6.13. The van der Waals surface area contributed by atoms with Crippen molar-refractivity contribution >= 4 is 23.0 Å². The molecule has 0 bridgehead atoms. The summed E-state index contributed by atoms with van der Waals surface area (Å²) in [6.07, 6.45) is 2.31. The Labute approximate surface area is 89.7 Å². The number of nitrogen functional groups attached to an aromatic ring is 1. The number of halogens is 1. The molecule has 2 N–H and O–H groups in total. The summed E-state index contributed by atoms with van der Waals surface area (Å²) in [5, 5.41) is 0.293. The second-order valence-corrected chi connectivity index (χ2v) is 4.39. The normalized spacial score (nSPS) is 22.4. The molecule has 3 heteroatoms.